The molecular weight excluding hydrogens is 350 g/mol. The number of nitrogens with one attached hydrogen (secondary N) is 1. The van der Waals surface area contributed by atoms with Crippen LogP contribution < -0.4 is 5.32 Å². The van der Waals surface area contributed by atoms with Gasteiger partial charge in [0.15, 0.2) is 5.82 Å². The van der Waals surface area contributed by atoms with E-state index in [2.05, 4.69) is 51.3 Å². The summed E-state index contributed by atoms with van der Waals surface area (Å²) in [7, 11) is 0. The summed E-state index contributed by atoms with van der Waals surface area (Å²) in [5.41, 5.74) is 0. The second kappa shape index (κ2) is 8.56. The smallest absolute Gasteiger partial charge is 0.226 e. The van der Waals surface area contributed by atoms with E-state index in [1.165, 1.54) is 4.90 Å². The minimum absolute atomic E-state index is 0.518. The molecule has 0 amide bonds. The van der Waals surface area contributed by atoms with E-state index in [-0.39, 0.29) is 0 Å². The average Bonchev–Trinajstić information content (AvgIpc) is 2.90. The molecular formula is C15H20BrN3OS. The van der Waals surface area contributed by atoms with Gasteiger partial charge in [-0.25, -0.2) is 0 Å². The third-order valence-corrected chi connectivity index (χ3v) is 4.85. The number of hydrogen-bond donors (Lipinski definition) is 1. The van der Waals surface area contributed by atoms with Crippen LogP contribution in [0, 0.1) is 0 Å². The summed E-state index contributed by atoms with van der Waals surface area (Å²) in [5.74, 6) is 2.20. The Kier molecular flexibility index (Phi) is 6.73. The molecule has 0 spiro atoms. The first-order chi connectivity index (χ1) is 10.1. The van der Waals surface area contributed by atoms with Crippen LogP contribution in [0.25, 0.3) is 0 Å². The van der Waals surface area contributed by atoms with Crippen molar-refractivity contribution in [2.75, 3.05) is 6.54 Å². The van der Waals surface area contributed by atoms with Crippen molar-refractivity contribution < 1.29 is 4.52 Å². The molecule has 6 heteroatoms. The van der Waals surface area contributed by atoms with Crippen molar-refractivity contribution in [3.05, 3.63) is 40.5 Å². The summed E-state index contributed by atoms with van der Waals surface area (Å²) < 4.78 is 6.37. The number of hydrogen-bond acceptors (Lipinski definition) is 5. The lowest BCUT2D eigenvalue weighted by atomic mass is 10.3. The molecule has 2 aromatic rings. The van der Waals surface area contributed by atoms with Crippen molar-refractivity contribution in [1.29, 1.82) is 0 Å². The van der Waals surface area contributed by atoms with Crippen molar-refractivity contribution >= 4 is 27.7 Å². The summed E-state index contributed by atoms with van der Waals surface area (Å²) in [6.45, 7) is 5.26. The maximum atomic E-state index is 5.28. The number of halogens is 1. The number of thioether (sulfide) groups is 1. The van der Waals surface area contributed by atoms with Gasteiger partial charge in [-0.2, -0.15) is 4.98 Å². The lowest BCUT2D eigenvalue weighted by Gasteiger charge is -2.05. The SMILES string of the molecule is CC(C)NCCCc1nc(CSc2ccccc2Br)no1. The Morgan fingerprint density at radius 1 is 1.33 bits per heavy atom. The lowest BCUT2D eigenvalue weighted by molar-refractivity contribution is 0.370. The molecule has 0 bridgehead atoms. The van der Waals surface area contributed by atoms with E-state index >= 15 is 0 Å². The lowest BCUT2D eigenvalue weighted by Crippen LogP contribution is -2.23. The first-order valence-electron chi connectivity index (χ1n) is 7.07. The van der Waals surface area contributed by atoms with Crippen LogP contribution in [0.2, 0.25) is 0 Å². The maximum Gasteiger partial charge on any atom is 0.226 e. The van der Waals surface area contributed by atoms with Gasteiger partial charge in [0.25, 0.3) is 0 Å². The number of benzene rings is 1. The summed E-state index contributed by atoms with van der Waals surface area (Å²) in [6, 6.07) is 8.66. The molecule has 0 aliphatic heterocycles. The monoisotopic (exact) mass is 369 g/mol. The molecule has 2 rings (SSSR count). The molecule has 0 atom stereocenters. The highest BCUT2D eigenvalue weighted by molar-refractivity contribution is 9.10. The minimum Gasteiger partial charge on any atom is -0.339 e. The van der Waals surface area contributed by atoms with Gasteiger partial charge in [0.1, 0.15) is 0 Å². The van der Waals surface area contributed by atoms with Crippen molar-refractivity contribution in [1.82, 2.24) is 15.5 Å². The first-order valence-corrected chi connectivity index (χ1v) is 8.85. The second-order valence-electron chi connectivity index (χ2n) is 5.04. The van der Waals surface area contributed by atoms with E-state index in [4.69, 9.17) is 4.52 Å². The fourth-order valence-electron chi connectivity index (χ4n) is 1.78. The van der Waals surface area contributed by atoms with E-state index in [9.17, 15) is 0 Å². The summed E-state index contributed by atoms with van der Waals surface area (Å²) in [6.07, 6.45) is 1.84. The van der Waals surface area contributed by atoms with Gasteiger partial charge < -0.3 is 9.84 Å². The van der Waals surface area contributed by atoms with Gasteiger partial charge in [-0.15, -0.1) is 11.8 Å². The van der Waals surface area contributed by atoms with Crippen molar-refractivity contribution in [3.8, 4) is 0 Å². The zero-order valence-corrected chi connectivity index (χ0v) is 14.7. The van der Waals surface area contributed by atoms with E-state index in [0.29, 0.717) is 6.04 Å². The van der Waals surface area contributed by atoms with Crippen LogP contribution in [0.1, 0.15) is 32.0 Å². The molecule has 1 aromatic carbocycles. The van der Waals surface area contributed by atoms with Gasteiger partial charge in [0, 0.05) is 21.8 Å². The van der Waals surface area contributed by atoms with Gasteiger partial charge >= 0.3 is 0 Å². The van der Waals surface area contributed by atoms with Crippen LogP contribution >= 0.6 is 27.7 Å². The second-order valence-corrected chi connectivity index (χ2v) is 6.91. The fourth-order valence-corrected chi connectivity index (χ4v) is 3.20. The molecule has 0 aliphatic rings. The summed E-state index contributed by atoms with van der Waals surface area (Å²) >= 11 is 5.24. The topological polar surface area (TPSA) is 51.0 Å². The fraction of sp³-hybridized carbons (Fsp3) is 0.467. The molecule has 21 heavy (non-hydrogen) atoms. The van der Waals surface area contributed by atoms with Crippen LogP contribution in [0.15, 0.2) is 38.2 Å². The largest absolute Gasteiger partial charge is 0.339 e. The van der Waals surface area contributed by atoms with Gasteiger partial charge in [-0.05, 0) is 41.0 Å². The van der Waals surface area contributed by atoms with Gasteiger partial charge in [-0.1, -0.05) is 31.1 Å². The Morgan fingerprint density at radius 3 is 2.90 bits per heavy atom. The average molecular weight is 370 g/mol. The number of aryl methyl sites for hydroxylation is 1. The van der Waals surface area contributed by atoms with E-state index in [1.807, 2.05) is 18.2 Å². The minimum atomic E-state index is 0.518. The van der Waals surface area contributed by atoms with Gasteiger partial charge in [0.05, 0.1) is 5.75 Å². The molecule has 1 N–H and O–H groups in total. The van der Waals surface area contributed by atoms with Gasteiger partial charge in [-0.3, -0.25) is 0 Å². The third kappa shape index (κ3) is 5.80. The molecule has 4 nitrogen and oxygen atoms in total. The molecule has 0 unspecified atom stereocenters. The van der Waals surface area contributed by atoms with Crippen LogP contribution in [0.5, 0.6) is 0 Å². The summed E-state index contributed by atoms with van der Waals surface area (Å²) in [4.78, 5) is 5.62. The summed E-state index contributed by atoms with van der Waals surface area (Å²) in [5, 5.41) is 7.41. The number of aromatic nitrogens is 2. The third-order valence-electron chi connectivity index (χ3n) is 2.82. The van der Waals surface area contributed by atoms with E-state index in [0.717, 1.165) is 41.3 Å². The standard InChI is InChI=1S/C15H20BrN3OS/c1-11(2)17-9-5-8-15-18-14(19-20-15)10-21-13-7-4-3-6-12(13)16/h3-4,6-7,11,17H,5,8-10H2,1-2H3. The highest BCUT2D eigenvalue weighted by atomic mass is 79.9. The van der Waals surface area contributed by atoms with E-state index < -0.39 is 0 Å². The number of rotatable bonds is 8. The molecule has 114 valence electrons. The van der Waals surface area contributed by atoms with E-state index in [1.54, 1.807) is 11.8 Å². The Labute approximate surface area is 138 Å². The van der Waals surface area contributed by atoms with Crippen LogP contribution in [-0.2, 0) is 12.2 Å². The van der Waals surface area contributed by atoms with Crippen molar-refractivity contribution in [2.24, 2.45) is 0 Å². The first kappa shape index (κ1) is 16.5. The van der Waals surface area contributed by atoms with Gasteiger partial charge in [0.2, 0.25) is 5.89 Å². The molecule has 0 saturated carbocycles. The Balaban J connectivity index is 1.77. The maximum absolute atomic E-state index is 5.28. The van der Waals surface area contributed by atoms with Crippen LogP contribution in [-0.4, -0.2) is 22.7 Å². The molecule has 0 radical (unpaired) electrons. The van der Waals surface area contributed by atoms with Crippen LogP contribution in [0.4, 0.5) is 0 Å². The normalized spacial score (nSPS) is 11.2. The molecule has 1 aromatic heterocycles. The quantitative estimate of drug-likeness (QED) is 0.561. The predicted molar refractivity (Wildman–Crippen MR) is 89.5 cm³/mol. The molecule has 0 aliphatic carbocycles. The Morgan fingerprint density at radius 2 is 2.14 bits per heavy atom. The van der Waals surface area contributed by atoms with Crippen molar-refractivity contribution in [3.63, 3.8) is 0 Å². The molecule has 0 fully saturated rings. The van der Waals surface area contributed by atoms with Crippen molar-refractivity contribution in [2.45, 2.75) is 43.4 Å². The molecule has 1 heterocycles. The predicted octanol–water partition coefficient (Wildman–Crippen LogP) is 4.06. The highest BCUT2D eigenvalue weighted by Crippen LogP contribution is 2.28. The molecule has 0 saturated heterocycles. The zero-order valence-electron chi connectivity index (χ0n) is 12.3. The zero-order chi connectivity index (χ0) is 15.1. The Bertz CT molecular complexity index is 559. The number of nitrogens with zero attached hydrogens (tertiary/aromatic N) is 2. The Hall–Kier alpha value is -0.850. The highest BCUT2D eigenvalue weighted by Gasteiger charge is 2.08. The van der Waals surface area contributed by atoms with Crippen LogP contribution in [0.3, 0.4) is 0 Å².